The predicted molar refractivity (Wildman–Crippen MR) is 116 cm³/mol. The number of amides is 2. The van der Waals surface area contributed by atoms with Crippen LogP contribution in [0.1, 0.15) is 48.2 Å². The molecule has 164 valence electrons. The summed E-state index contributed by atoms with van der Waals surface area (Å²) in [6.07, 6.45) is 1.32. The van der Waals surface area contributed by atoms with Gasteiger partial charge in [0.15, 0.2) is 0 Å². The molecule has 0 aromatic heterocycles. The molecule has 1 unspecified atom stereocenters. The lowest BCUT2D eigenvalue weighted by molar-refractivity contribution is -0.385. The van der Waals surface area contributed by atoms with Crippen molar-refractivity contribution in [2.45, 2.75) is 52.3 Å². The van der Waals surface area contributed by atoms with Gasteiger partial charge in [-0.2, -0.15) is 0 Å². The van der Waals surface area contributed by atoms with Crippen molar-refractivity contribution in [1.82, 2.24) is 10.2 Å². The predicted octanol–water partition coefficient (Wildman–Crippen LogP) is 3.61. The van der Waals surface area contributed by atoms with Crippen LogP contribution in [0.2, 0.25) is 0 Å². The first-order valence-corrected chi connectivity index (χ1v) is 10.4. The average molecular weight is 425 g/mol. The van der Waals surface area contributed by atoms with E-state index in [-0.39, 0.29) is 23.6 Å². The highest BCUT2D eigenvalue weighted by atomic mass is 16.6. The molecule has 0 aliphatic carbocycles. The molecule has 2 aromatic rings. The lowest BCUT2D eigenvalue weighted by Crippen LogP contribution is -2.45. The summed E-state index contributed by atoms with van der Waals surface area (Å²) >= 11 is 0. The molecule has 0 spiro atoms. The minimum absolute atomic E-state index is 0.0185. The molecular weight excluding hydrogens is 398 g/mol. The van der Waals surface area contributed by atoms with E-state index in [0.717, 1.165) is 17.7 Å². The molecule has 1 aliphatic rings. The summed E-state index contributed by atoms with van der Waals surface area (Å²) in [5, 5.41) is 13.9. The Labute approximate surface area is 181 Å². The Hall–Kier alpha value is -3.42. The summed E-state index contributed by atoms with van der Waals surface area (Å²) in [6, 6.07) is 11.2. The molecule has 1 N–H and O–H groups in total. The Kier molecular flexibility index (Phi) is 6.89. The fourth-order valence-corrected chi connectivity index (χ4v) is 3.76. The van der Waals surface area contributed by atoms with E-state index in [4.69, 9.17) is 4.74 Å². The number of para-hydroxylation sites is 1. The molecule has 8 heteroatoms. The maximum absolute atomic E-state index is 13.0. The van der Waals surface area contributed by atoms with E-state index in [0.29, 0.717) is 30.6 Å². The van der Waals surface area contributed by atoms with Crippen LogP contribution in [-0.2, 0) is 11.3 Å². The SMILES string of the molecule is Cc1cc(C(=O)N2CCCC2C(=O)NCc2ccccc2OC(C)C)ccc1[N+](=O)[O-]. The van der Waals surface area contributed by atoms with Gasteiger partial charge in [0, 0.05) is 35.8 Å². The summed E-state index contributed by atoms with van der Waals surface area (Å²) in [4.78, 5) is 38.0. The molecule has 0 saturated carbocycles. The molecule has 2 amide bonds. The molecule has 31 heavy (non-hydrogen) atoms. The first kappa shape index (κ1) is 22.3. The first-order chi connectivity index (χ1) is 14.8. The number of nitro groups is 1. The van der Waals surface area contributed by atoms with Crippen molar-refractivity contribution >= 4 is 17.5 Å². The number of carbonyl (C=O) groups excluding carboxylic acids is 2. The van der Waals surface area contributed by atoms with Gasteiger partial charge >= 0.3 is 0 Å². The second-order valence-corrected chi connectivity index (χ2v) is 7.91. The van der Waals surface area contributed by atoms with Crippen LogP contribution in [0.15, 0.2) is 42.5 Å². The Morgan fingerprint density at radius 1 is 1.26 bits per heavy atom. The maximum atomic E-state index is 13.0. The molecule has 0 radical (unpaired) electrons. The minimum Gasteiger partial charge on any atom is -0.491 e. The number of nitro benzene ring substituents is 1. The number of benzene rings is 2. The van der Waals surface area contributed by atoms with E-state index >= 15 is 0 Å². The third-order valence-electron chi connectivity index (χ3n) is 5.25. The Morgan fingerprint density at radius 3 is 2.68 bits per heavy atom. The third-order valence-corrected chi connectivity index (χ3v) is 5.25. The summed E-state index contributed by atoms with van der Waals surface area (Å²) < 4.78 is 5.79. The van der Waals surface area contributed by atoms with Crippen LogP contribution in [-0.4, -0.2) is 40.3 Å². The topological polar surface area (TPSA) is 102 Å². The van der Waals surface area contributed by atoms with Crippen molar-refractivity contribution in [3.05, 3.63) is 69.3 Å². The fraction of sp³-hybridized carbons (Fsp3) is 0.391. The van der Waals surface area contributed by atoms with Crippen LogP contribution in [0.25, 0.3) is 0 Å². The molecule has 1 saturated heterocycles. The molecular formula is C23H27N3O5. The largest absolute Gasteiger partial charge is 0.491 e. The van der Waals surface area contributed by atoms with Gasteiger partial charge in [0.05, 0.1) is 11.0 Å². The van der Waals surface area contributed by atoms with E-state index in [1.165, 1.54) is 18.2 Å². The number of hydrogen-bond acceptors (Lipinski definition) is 5. The lowest BCUT2D eigenvalue weighted by atomic mass is 10.1. The summed E-state index contributed by atoms with van der Waals surface area (Å²) in [5.41, 5.74) is 1.59. The van der Waals surface area contributed by atoms with Crippen molar-refractivity contribution in [2.24, 2.45) is 0 Å². The first-order valence-electron chi connectivity index (χ1n) is 10.4. The molecule has 1 fully saturated rings. The maximum Gasteiger partial charge on any atom is 0.272 e. The number of nitrogens with zero attached hydrogens (tertiary/aromatic N) is 2. The van der Waals surface area contributed by atoms with Crippen LogP contribution in [0, 0.1) is 17.0 Å². The van der Waals surface area contributed by atoms with Crippen molar-refractivity contribution in [3.8, 4) is 5.75 Å². The summed E-state index contributed by atoms with van der Waals surface area (Å²) in [7, 11) is 0. The van der Waals surface area contributed by atoms with Crippen LogP contribution in [0.5, 0.6) is 5.75 Å². The Morgan fingerprint density at radius 2 is 2.00 bits per heavy atom. The van der Waals surface area contributed by atoms with Gasteiger partial charge in [-0.1, -0.05) is 18.2 Å². The van der Waals surface area contributed by atoms with Gasteiger partial charge in [0.1, 0.15) is 11.8 Å². The van der Waals surface area contributed by atoms with Crippen LogP contribution >= 0.6 is 0 Å². The van der Waals surface area contributed by atoms with Gasteiger partial charge < -0.3 is 15.0 Å². The summed E-state index contributed by atoms with van der Waals surface area (Å²) in [6.45, 7) is 6.26. The van der Waals surface area contributed by atoms with E-state index in [1.807, 2.05) is 38.1 Å². The minimum atomic E-state index is -0.568. The molecule has 1 aliphatic heterocycles. The second-order valence-electron chi connectivity index (χ2n) is 7.91. The summed E-state index contributed by atoms with van der Waals surface area (Å²) in [5.74, 6) is 0.210. The number of likely N-dealkylation sites (tertiary alicyclic amines) is 1. The molecule has 0 bridgehead atoms. The van der Waals surface area contributed by atoms with E-state index in [9.17, 15) is 19.7 Å². The van der Waals surface area contributed by atoms with Gasteiger partial charge in [-0.15, -0.1) is 0 Å². The molecule has 8 nitrogen and oxygen atoms in total. The van der Waals surface area contributed by atoms with Gasteiger partial charge in [-0.25, -0.2) is 0 Å². The van der Waals surface area contributed by atoms with Crippen molar-refractivity contribution < 1.29 is 19.2 Å². The van der Waals surface area contributed by atoms with Crippen molar-refractivity contribution in [2.75, 3.05) is 6.54 Å². The highest BCUT2D eigenvalue weighted by Crippen LogP contribution is 2.24. The van der Waals surface area contributed by atoms with E-state index in [2.05, 4.69) is 5.32 Å². The highest BCUT2D eigenvalue weighted by molar-refractivity contribution is 5.98. The van der Waals surface area contributed by atoms with Gasteiger partial charge in [-0.05, 0) is 51.8 Å². The van der Waals surface area contributed by atoms with Crippen molar-refractivity contribution in [1.29, 1.82) is 0 Å². The molecule has 1 atom stereocenters. The number of ether oxygens (including phenoxy) is 1. The Balaban J connectivity index is 1.69. The standard InChI is InChI=1S/C23H27N3O5/c1-15(2)31-21-9-5-4-7-18(21)14-24-22(27)20-8-6-12-25(20)23(28)17-10-11-19(26(29)30)16(3)13-17/h4-5,7,9-11,13,15,20H,6,8,12,14H2,1-3H3,(H,24,27). The Bertz CT molecular complexity index is 989. The lowest BCUT2D eigenvalue weighted by Gasteiger charge is -2.24. The van der Waals surface area contributed by atoms with Gasteiger partial charge in [-0.3, -0.25) is 19.7 Å². The zero-order valence-electron chi connectivity index (χ0n) is 18.0. The fourth-order valence-electron chi connectivity index (χ4n) is 3.76. The zero-order chi connectivity index (χ0) is 22.5. The van der Waals surface area contributed by atoms with Crippen molar-refractivity contribution in [3.63, 3.8) is 0 Å². The number of nitrogens with one attached hydrogen (secondary N) is 1. The molecule has 1 heterocycles. The zero-order valence-corrected chi connectivity index (χ0v) is 18.0. The molecule has 2 aromatic carbocycles. The smallest absolute Gasteiger partial charge is 0.272 e. The van der Waals surface area contributed by atoms with E-state index < -0.39 is 11.0 Å². The highest BCUT2D eigenvalue weighted by Gasteiger charge is 2.34. The number of rotatable bonds is 7. The average Bonchev–Trinajstić information content (AvgIpc) is 3.21. The van der Waals surface area contributed by atoms with Gasteiger partial charge in [0.2, 0.25) is 5.91 Å². The molecule has 3 rings (SSSR count). The quantitative estimate of drug-likeness (QED) is 0.539. The second kappa shape index (κ2) is 9.59. The number of aryl methyl sites for hydroxylation is 1. The van der Waals surface area contributed by atoms with Crippen LogP contribution in [0.4, 0.5) is 5.69 Å². The number of hydrogen-bond donors (Lipinski definition) is 1. The monoisotopic (exact) mass is 425 g/mol. The van der Waals surface area contributed by atoms with Crippen LogP contribution < -0.4 is 10.1 Å². The third kappa shape index (κ3) is 5.20. The van der Waals surface area contributed by atoms with Gasteiger partial charge in [0.25, 0.3) is 11.6 Å². The normalized spacial score (nSPS) is 15.7. The van der Waals surface area contributed by atoms with E-state index in [1.54, 1.807) is 11.8 Å². The van der Waals surface area contributed by atoms with Crippen LogP contribution in [0.3, 0.4) is 0 Å². The number of carbonyl (C=O) groups is 2.